The van der Waals surface area contributed by atoms with E-state index in [0.717, 1.165) is 29.4 Å². The number of rotatable bonds is 2. The van der Waals surface area contributed by atoms with Crippen LogP contribution in [0, 0.1) is 0 Å². The highest BCUT2D eigenvalue weighted by Crippen LogP contribution is 2.30. The van der Waals surface area contributed by atoms with Crippen LogP contribution in [0.15, 0.2) is 42.5 Å². The fourth-order valence-electron chi connectivity index (χ4n) is 2.38. The Morgan fingerprint density at radius 1 is 1.11 bits per heavy atom. The third kappa shape index (κ3) is 2.16. The summed E-state index contributed by atoms with van der Waals surface area (Å²) in [6, 6.07) is 14.3. The first-order chi connectivity index (χ1) is 8.72. The lowest BCUT2D eigenvalue weighted by molar-refractivity contribution is 0.956. The van der Waals surface area contributed by atoms with E-state index in [9.17, 15) is 0 Å². The lowest BCUT2D eigenvalue weighted by Gasteiger charge is -2.13. The molecule has 1 aliphatic rings. The normalized spacial score (nSPS) is 13.6. The number of hydrogen-bond acceptors (Lipinski definition) is 2. The Morgan fingerprint density at radius 3 is 2.78 bits per heavy atom. The average Bonchev–Trinajstić information content (AvgIpc) is 2.71. The number of halogens is 1. The maximum Gasteiger partial charge on any atom is 0.0426 e. The monoisotopic (exact) mass is 258 g/mol. The van der Waals surface area contributed by atoms with Gasteiger partial charge in [0.1, 0.15) is 0 Å². The Hall–Kier alpha value is -1.67. The minimum absolute atomic E-state index is 0.751. The van der Waals surface area contributed by atoms with Crippen molar-refractivity contribution in [3.63, 3.8) is 0 Å². The van der Waals surface area contributed by atoms with Gasteiger partial charge in [0, 0.05) is 35.7 Å². The highest BCUT2D eigenvalue weighted by molar-refractivity contribution is 6.30. The molecule has 1 N–H and O–H groups in total. The Balaban J connectivity index is 1.86. The van der Waals surface area contributed by atoms with Crippen LogP contribution in [0.3, 0.4) is 0 Å². The summed E-state index contributed by atoms with van der Waals surface area (Å²) in [5.41, 5.74) is 4.89. The van der Waals surface area contributed by atoms with Crippen molar-refractivity contribution in [2.45, 2.75) is 6.42 Å². The van der Waals surface area contributed by atoms with E-state index in [2.05, 4.69) is 35.5 Å². The maximum atomic E-state index is 5.98. The Labute approximate surface area is 112 Å². The molecule has 0 aromatic heterocycles. The van der Waals surface area contributed by atoms with Crippen LogP contribution in [0.2, 0.25) is 5.02 Å². The van der Waals surface area contributed by atoms with Gasteiger partial charge in [-0.2, -0.15) is 0 Å². The molecular formula is C15H15ClN2. The van der Waals surface area contributed by atoms with Gasteiger partial charge in [-0.1, -0.05) is 17.7 Å². The molecule has 0 unspecified atom stereocenters. The van der Waals surface area contributed by atoms with Crippen molar-refractivity contribution >= 4 is 28.7 Å². The van der Waals surface area contributed by atoms with Gasteiger partial charge in [-0.15, -0.1) is 0 Å². The van der Waals surface area contributed by atoms with Crippen LogP contribution >= 0.6 is 11.6 Å². The highest BCUT2D eigenvalue weighted by Gasteiger charge is 2.15. The van der Waals surface area contributed by atoms with Gasteiger partial charge in [0.25, 0.3) is 0 Å². The first-order valence-electron chi connectivity index (χ1n) is 6.09. The lowest BCUT2D eigenvalue weighted by Crippen LogP contribution is -2.12. The second-order valence-electron chi connectivity index (χ2n) is 4.65. The second-order valence-corrected chi connectivity index (χ2v) is 5.09. The van der Waals surface area contributed by atoms with Crippen molar-refractivity contribution in [1.82, 2.24) is 0 Å². The smallest absolute Gasteiger partial charge is 0.0426 e. The maximum absolute atomic E-state index is 5.98. The fraction of sp³-hybridized carbons (Fsp3) is 0.200. The van der Waals surface area contributed by atoms with Gasteiger partial charge in [-0.3, -0.25) is 0 Å². The molecule has 0 atom stereocenters. The summed E-state index contributed by atoms with van der Waals surface area (Å²) < 4.78 is 0. The van der Waals surface area contributed by atoms with Crippen molar-refractivity contribution in [2.75, 3.05) is 23.8 Å². The number of nitrogens with one attached hydrogen (secondary N) is 1. The lowest BCUT2D eigenvalue weighted by atomic mass is 10.1. The van der Waals surface area contributed by atoms with E-state index in [-0.39, 0.29) is 0 Å². The first-order valence-corrected chi connectivity index (χ1v) is 6.47. The fourth-order valence-corrected chi connectivity index (χ4v) is 2.57. The molecule has 0 saturated heterocycles. The highest BCUT2D eigenvalue weighted by atomic mass is 35.5. The van der Waals surface area contributed by atoms with Crippen molar-refractivity contribution in [2.24, 2.45) is 0 Å². The number of fused-ring (bicyclic) bond motifs is 1. The summed E-state index contributed by atoms with van der Waals surface area (Å²) in [7, 11) is 2.13. The quantitative estimate of drug-likeness (QED) is 0.873. The van der Waals surface area contributed by atoms with Crippen molar-refractivity contribution in [1.29, 1.82) is 0 Å². The molecule has 1 heterocycles. The summed E-state index contributed by atoms with van der Waals surface area (Å²) in [4.78, 5) is 2.29. The van der Waals surface area contributed by atoms with Crippen LogP contribution in [0.4, 0.5) is 17.1 Å². The number of anilines is 3. The minimum Gasteiger partial charge on any atom is -0.374 e. The summed E-state index contributed by atoms with van der Waals surface area (Å²) in [5, 5.41) is 4.14. The second kappa shape index (κ2) is 4.54. The standard InChI is InChI=1S/C15H15ClN2/c1-18-8-7-11-9-14(5-6-15(11)18)17-13-4-2-3-12(16)10-13/h2-6,9-10,17H,7-8H2,1H3. The van der Waals surface area contributed by atoms with Gasteiger partial charge >= 0.3 is 0 Å². The predicted octanol–water partition coefficient (Wildman–Crippen LogP) is 4.08. The minimum atomic E-state index is 0.751. The molecule has 18 heavy (non-hydrogen) atoms. The molecular weight excluding hydrogens is 244 g/mol. The Kier molecular flexibility index (Phi) is 2.88. The van der Waals surface area contributed by atoms with Crippen LogP contribution in [0.25, 0.3) is 0 Å². The topological polar surface area (TPSA) is 15.3 Å². The third-order valence-corrected chi connectivity index (χ3v) is 3.56. The molecule has 0 spiro atoms. The van der Waals surface area contributed by atoms with Gasteiger partial charge in [0.05, 0.1) is 0 Å². The molecule has 3 rings (SSSR count). The molecule has 2 aromatic carbocycles. The molecule has 0 saturated carbocycles. The zero-order valence-corrected chi connectivity index (χ0v) is 11.0. The predicted molar refractivity (Wildman–Crippen MR) is 78.2 cm³/mol. The first kappa shape index (κ1) is 11.4. The summed E-state index contributed by atoms with van der Waals surface area (Å²) in [6.07, 6.45) is 1.12. The van der Waals surface area contributed by atoms with E-state index in [1.165, 1.54) is 11.3 Å². The summed E-state index contributed by atoms with van der Waals surface area (Å²) in [5.74, 6) is 0. The molecule has 2 aromatic rings. The van der Waals surface area contributed by atoms with Gasteiger partial charge in [0.15, 0.2) is 0 Å². The Bertz CT molecular complexity index is 580. The summed E-state index contributed by atoms with van der Waals surface area (Å²) >= 11 is 5.98. The van der Waals surface area contributed by atoms with Gasteiger partial charge in [0.2, 0.25) is 0 Å². The molecule has 92 valence electrons. The molecule has 1 aliphatic heterocycles. The summed E-state index contributed by atoms with van der Waals surface area (Å²) in [6.45, 7) is 1.11. The van der Waals surface area contributed by atoms with E-state index in [1.54, 1.807) is 0 Å². The molecule has 0 fully saturated rings. The van der Waals surface area contributed by atoms with Crippen LogP contribution in [-0.2, 0) is 6.42 Å². The van der Waals surface area contributed by atoms with Crippen LogP contribution in [0.5, 0.6) is 0 Å². The van der Waals surface area contributed by atoms with E-state index >= 15 is 0 Å². The molecule has 0 amide bonds. The molecule has 3 heteroatoms. The van der Waals surface area contributed by atoms with Gasteiger partial charge in [-0.25, -0.2) is 0 Å². The molecule has 0 radical (unpaired) electrons. The van der Waals surface area contributed by atoms with E-state index in [1.807, 2.05) is 24.3 Å². The SMILES string of the molecule is CN1CCc2cc(Nc3cccc(Cl)c3)ccc21. The van der Waals surface area contributed by atoms with Gasteiger partial charge < -0.3 is 10.2 Å². The van der Waals surface area contributed by atoms with Crippen LogP contribution < -0.4 is 10.2 Å². The van der Waals surface area contributed by atoms with Crippen molar-refractivity contribution in [3.8, 4) is 0 Å². The number of hydrogen-bond donors (Lipinski definition) is 1. The Morgan fingerprint density at radius 2 is 1.94 bits per heavy atom. The van der Waals surface area contributed by atoms with E-state index in [0.29, 0.717) is 0 Å². The largest absolute Gasteiger partial charge is 0.374 e. The van der Waals surface area contributed by atoms with Gasteiger partial charge in [-0.05, 0) is 48.4 Å². The van der Waals surface area contributed by atoms with E-state index in [4.69, 9.17) is 11.6 Å². The third-order valence-electron chi connectivity index (χ3n) is 3.32. The number of likely N-dealkylation sites (N-methyl/N-ethyl adjacent to an activating group) is 1. The van der Waals surface area contributed by atoms with Crippen molar-refractivity contribution < 1.29 is 0 Å². The van der Waals surface area contributed by atoms with Crippen LogP contribution in [-0.4, -0.2) is 13.6 Å². The molecule has 0 bridgehead atoms. The zero-order chi connectivity index (χ0) is 12.5. The molecule has 0 aliphatic carbocycles. The zero-order valence-electron chi connectivity index (χ0n) is 10.3. The average molecular weight is 259 g/mol. The number of nitrogens with zero attached hydrogens (tertiary/aromatic N) is 1. The number of benzene rings is 2. The van der Waals surface area contributed by atoms with E-state index < -0.39 is 0 Å². The van der Waals surface area contributed by atoms with Crippen LogP contribution in [0.1, 0.15) is 5.56 Å². The molecule has 2 nitrogen and oxygen atoms in total. The van der Waals surface area contributed by atoms with Crippen molar-refractivity contribution in [3.05, 3.63) is 53.1 Å².